The normalized spacial score (nSPS) is 14.8. The number of hydrogen-bond acceptors (Lipinski definition) is 3. The first kappa shape index (κ1) is 14.0. The van der Waals surface area contributed by atoms with E-state index in [9.17, 15) is 0 Å². The molecule has 1 aromatic carbocycles. The highest BCUT2D eigenvalue weighted by molar-refractivity contribution is 5.33. The van der Waals surface area contributed by atoms with Crippen molar-refractivity contribution in [3.63, 3.8) is 0 Å². The van der Waals surface area contributed by atoms with E-state index >= 15 is 0 Å². The minimum atomic E-state index is -0.126. The predicted molar refractivity (Wildman–Crippen MR) is 72.6 cm³/mol. The SMILES string of the molecule is Cc1ccc(OCC(C)(CN)N(C)C)cc1C. The quantitative estimate of drug-likeness (QED) is 0.849. The topological polar surface area (TPSA) is 38.5 Å². The van der Waals surface area contributed by atoms with Gasteiger partial charge in [0.15, 0.2) is 0 Å². The number of aryl methyl sites for hydroxylation is 2. The van der Waals surface area contributed by atoms with Crippen molar-refractivity contribution < 1.29 is 4.74 Å². The fraction of sp³-hybridized carbons (Fsp3) is 0.571. The van der Waals surface area contributed by atoms with Gasteiger partial charge >= 0.3 is 0 Å². The van der Waals surface area contributed by atoms with Crippen LogP contribution in [0.5, 0.6) is 5.75 Å². The van der Waals surface area contributed by atoms with Gasteiger partial charge in [0, 0.05) is 6.54 Å². The lowest BCUT2D eigenvalue weighted by Crippen LogP contribution is -2.52. The van der Waals surface area contributed by atoms with Gasteiger partial charge in [0.1, 0.15) is 12.4 Å². The minimum Gasteiger partial charge on any atom is -0.492 e. The average Bonchev–Trinajstić information content (AvgIpc) is 2.30. The Labute approximate surface area is 105 Å². The van der Waals surface area contributed by atoms with E-state index in [1.165, 1.54) is 11.1 Å². The monoisotopic (exact) mass is 236 g/mol. The van der Waals surface area contributed by atoms with Crippen LogP contribution in [-0.4, -0.2) is 37.7 Å². The summed E-state index contributed by atoms with van der Waals surface area (Å²) in [6, 6.07) is 6.16. The number of rotatable bonds is 5. The molecule has 0 bridgehead atoms. The average molecular weight is 236 g/mol. The van der Waals surface area contributed by atoms with Crippen molar-refractivity contribution in [1.29, 1.82) is 0 Å². The van der Waals surface area contributed by atoms with Gasteiger partial charge in [-0.2, -0.15) is 0 Å². The van der Waals surface area contributed by atoms with Crippen molar-refractivity contribution >= 4 is 0 Å². The van der Waals surface area contributed by atoms with Crippen molar-refractivity contribution in [3.8, 4) is 5.75 Å². The molecule has 1 aromatic rings. The summed E-state index contributed by atoms with van der Waals surface area (Å²) in [7, 11) is 4.05. The van der Waals surface area contributed by atoms with Gasteiger partial charge in [0.25, 0.3) is 0 Å². The van der Waals surface area contributed by atoms with E-state index in [4.69, 9.17) is 10.5 Å². The number of hydrogen-bond donors (Lipinski definition) is 1. The van der Waals surface area contributed by atoms with Gasteiger partial charge in [-0.15, -0.1) is 0 Å². The van der Waals surface area contributed by atoms with Gasteiger partial charge in [-0.25, -0.2) is 0 Å². The summed E-state index contributed by atoms with van der Waals surface area (Å²) in [4.78, 5) is 2.11. The zero-order valence-corrected chi connectivity index (χ0v) is 11.6. The third-order valence-corrected chi connectivity index (χ3v) is 3.55. The number of ether oxygens (including phenoxy) is 1. The lowest BCUT2D eigenvalue weighted by Gasteiger charge is -2.34. The molecule has 0 fully saturated rings. The van der Waals surface area contributed by atoms with Gasteiger partial charge in [-0.1, -0.05) is 6.07 Å². The number of likely N-dealkylation sites (N-methyl/N-ethyl adjacent to an activating group) is 1. The van der Waals surface area contributed by atoms with Gasteiger partial charge < -0.3 is 10.5 Å². The smallest absolute Gasteiger partial charge is 0.119 e. The lowest BCUT2D eigenvalue weighted by atomic mass is 10.0. The van der Waals surface area contributed by atoms with Gasteiger partial charge in [-0.05, 0) is 58.1 Å². The molecule has 0 heterocycles. The molecular weight excluding hydrogens is 212 g/mol. The van der Waals surface area contributed by atoms with Crippen LogP contribution in [0.15, 0.2) is 18.2 Å². The third kappa shape index (κ3) is 3.45. The molecule has 0 aliphatic heterocycles. The Kier molecular flexibility index (Phi) is 4.54. The predicted octanol–water partition coefficient (Wildman–Crippen LogP) is 1.96. The van der Waals surface area contributed by atoms with Gasteiger partial charge in [-0.3, -0.25) is 4.90 Å². The Morgan fingerprint density at radius 1 is 1.24 bits per heavy atom. The number of nitrogens with two attached hydrogens (primary N) is 1. The molecule has 0 saturated carbocycles. The third-order valence-electron chi connectivity index (χ3n) is 3.55. The van der Waals surface area contributed by atoms with Crippen LogP contribution in [0.25, 0.3) is 0 Å². The maximum Gasteiger partial charge on any atom is 0.119 e. The molecule has 0 amide bonds. The highest BCUT2D eigenvalue weighted by Crippen LogP contribution is 2.19. The molecular formula is C14H24N2O. The summed E-state index contributed by atoms with van der Waals surface area (Å²) in [5, 5.41) is 0. The molecule has 1 atom stereocenters. The molecule has 2 N–H and O–H groups in total. The molecule has 17 heavy (non-hydrogen) atoms. The second kappa shape index (κ2) is 5.52. The van der Waals surface area contributed by atoms with E-state index in [0.717, 1.165) is 5.75 Å². The molecule has 0 spiro atoms. The van der Waals surface area contributed by atoms with E-state index in [1.807, 2.05) is 20.2 Å². The summed E-state index contributed by atoms with van der Waals surface area (Å²) in [5.41, 5.74) is 8.21. The molecule has 3 nitrogen and oxygen atoms in total. The molecule has 3 heteroatoms. The number of nitrogens with zero attached hydrogens (tertiary/aromatic N) is 1. The first-order valence-corrected chi connectivity index (χ1v) is 5.96. The number of benzene rings is 1. The van der Waals surface area contributed by atoms with E-state index in [-0.39, 0.29) is 5.54 Å². The van der Waals surface area contributed by atoms with Crippen LogP contribution >= 0.6 is 0 Å². The second-order valence-corrected chi connectivity index (χ2v) is 5.13. The largest absolute Gasteiger partial charge is 0.492 e. The lowest BCUT2D eigenvalue weighted by molar-refractivity contribution is 0.104. The van der Waals surface area contributed by atoms with Crippen LogP contribution in [0.4, 0.5) is 0 Å². The summed E-state index contributed by atoms with van der Waals surface area (Å²) in [6.45, 7) is 7.47. The van der Waals surface area contributed by atoms with Crippen molar-refractivity contribution in [1.82, 2.24) is 4.90 Å². The molecule has 0 aliphatic carbocycles. The molecule has 1 rings (SSSR count). The fourth-order valence-corrected chi connectivity index (χ4v) is 1.41. The van der Waals surface area contributed by atoms with E-state index in [1.54, 1.807) is 0 Å². The Morgan fingerprint density at radius 2 is 1.88 bits per heavy atom. The van der Waals surface area contributed by atoms with Crippen LogP contribution < -0.4 is 10.5 Å². The van der Waals surface area contributed by atoms with Crippen molar-refractivity contribution in [2.24, 2.45) is 5.73 Å². The molecule has 0 saturated heterocycles. The maximum absolute atomic E-state index is 5.84. The van der Waals surface area contributed by atoms with E-state index in [2.05, 4.69) is 37.8 Å². The van der Waals surface area contributed by atoms with Crippen LogP contribution in [0, 0.1) is 13.8 Å². The molecule has 96 valence electrons. The second-order valence-electron chi connectivity index (χ2n) is 5.13. The highest BCUT2D eigenvalue weighted by atomic mass is 16.5. The Bertz CT molecular complexity index is 376. The van der Waals surface area contributed by atoms with Crippen LogP contribution in [0.2, 0.25) is 0 Å². The zero-order chi connectivity index (χ0) is 13.1. The zero-order valence-electron chi connectivity index (χ0n) is 11.6. The summed E-state index contributed by atoms with van der Waals surface area (Å²) >= 11 is 0. The van der Waals surface area contributed by atoms with Crippen LogP contribution in [0.3, 0.4) is 0 Å². The van der Waals surface area contributed by atoms with Crippen molar-refractivity contribution in [3.05, 3.63) is 29.3 Å². The summed E-state index contributed by atoms with van der Waals surface area (Å²) in [6.07, 6.45) is 0. The Balaban J connectivity index is 2.69. The van der Waals surface area contributed by atoms with E-state index in [0.29, 0.717) is 13.2 Å². The Morgan fingerprint density at radius 3 is 2.35 bits per heavy atom. The van der Waals surface area contributed by atoms with Crippen LogP contribution in [0.1, 0.15) is 18.1 Å². The van der Waals surface area contributed by atoms with Crippen LogP contribution in [-0.2, 0) is 0 Å². The molecule has 0 radical (unpaired) electrons. The molecule has 1 unspecified atom stereocenters. The standard InChI is InChI=1S/C14H24N2O/c1-11-6-7-13(8-12(11)2)17-10-14(3,9-15)16(4)5/h6-8H,9-10,15H2,1-5H3. The first-order valence-electron chi connectivity index (χ1n) is 5.96. The maximum atomic E-state index is 5.84. The van der Waals surface area contributed by atoms with Crippen molar-refractivity contribution in [2.75, 3.05) is 27.2 Å². The van der Waals surface area contributed by atoms with E-state index < -0.39 is 0 Å². The molecule has 0 aliphatic rings. The Hall–Kier alpha value is -1.06. The van der Waals surface area contributed by atoms with Gasteiger partial charge in [0.05, 0.1) is 5.54 Å². The minimum absolute atomic E-state index is 0.126. The first-order chi connectivity index (χ1) is 7.89. The van der Waals surface area contributed by atoms with Gasteiger partial charge in [0.2, 0.25) is 0 Å². The fourth-order valence-electron chi connectivity index (χ4n) is 1.41. The molecule has 0 aromatic heterocycles. The van der Waals surface area contributed by atoms with Crippen molar-refractivity contribution in [2.45, 2.75) is 26.3 Å². The highest BCUT2D eigenvalue weighted by Gasteiger charge is 2.26. The summed E-state index contributed by atoms with van der Waals surface area (Å²) < 4.78 is 5.84. The summed E-state index contributed by atoms with van der Waals surface area (Å²) in [5.74, 6) is 0.912.